The van der Waals surface area contributed by atoms with Crippen molar-refractivity contribution in [3.63, 3.8) is 0 Å². The average molecular weight is 170 g/mol. The zero-order valence-electron chi connectivity index (χ0n) is 7.92. The molecule has 2 nitrogen and oxygen atoms in total. The maximum atomic E-state index is 9.83. The molecule has 0 aromatic rings. The second-order valence-electron chi connectivity index (χ2n) is 4.78. The Morgan fingerprint density at radius 3 is 2.83 bits per heavy atom. The van der Waals surface area contributed by atoms with Crippen LogP contribution in [0.2, 0.25) is 0 Å². The summed E-state index contributed by atoms with van der Waals surface area (Å²) >= 11 is 0. The molecular weight excluding hydrogens is 152 g/mol. The van der Waals surface area contributed by atoms with Crippen molar-refractivity contribution in [3.8, 4) is 0 Å². The van der Waals surface area contributed by atoms with Crippen LogP contribution in [-0.4, -0.2) is 22.9 Å². The Labute approximate surface area is 73.9 Å². The van der Waals surface area contributed by atoms with Gasteiger partial charge in [-0.25, -0.2) is 0 Å². The molecule has 0 aromatic heterocycles. The Kier molecular flexibility index (Phi) is 1.92. The molecule has 3 atom stereocenters. The molecule has 1 heterocycles. The summed E-state index contributed by atoms with van der Waals surface area (Å²) in [6.45, 7) is 4.15. The molecule has 0 bridgehead atoms. The van der Waals surface area contributed by atoms with Gasteiger partial charge in [-0.3, -0.25) is 0 Å². The third-order valence-corrected chi connectivity index (χ3v) is 3.17. The second-order valence-corrected chi connectivity index (χ2v) is 4.78. The molecule has 0 spiro atoms. The van der Waals surface area contributed by atoms with Gasteiger partial charge in [0.15, 0.2) is 0 Å². The van der Waals surface area contributed by atoms with E-state index in [0.717, 1.165) is 19.3 Å². The lowest BCUT2D eigenvalue weighted by atomic mass is 9.86. The Balaban J connectivity index is 2.10. The van der Waals surface area contributed by atoms with Crippen LogP contribution in [0.5, 0.6) is 0 Å². The van der Waals surface area contributed by atoms with E-state index in [-0.39, 0.29) is 11.7 Å². The molecule has 1 aliphatic carbocycles. The van der Waals surface area contributed by atoms with E-state index in [1.807, 2.05) is 0 Å². The van der Waals surface area contributed by atoms with Gasteiger partial charge >= 0.3 is 0 Å². The molecule has 1 saturated carbocycles. The zero-order valence-corrected chi connectivity index (χ0v) is 7.92. The highest BCUT2D eigenvalue weighted by Gasteiger charge is 2.43. The van der Waals surface area contributed by atoms with Crippen LogP contribution in [0.4, 0.5) is 0 Å². The van der Waals surface area contributed by atoms with Gasteiger partial charge in [0.05, 0.1) is 17.8 Å². The molecule has 2 heteroatoms. The molecule has 0 amide bonds. The van der Waals surface area contributed by atoms with Gasteiger partial charge in [-0.05, 0) is 26.7 Å². The highest BCUT2D eigenvalue weighted by molar-refractivity contribution is 4.93. The lowest BCUT2D eigenvalue weighted by Crippen LogP contribution is -2.46. The predicted octanol–water partition coefficient (Wildman–Crippen LogP) is 1.71. The van der Waals surface area contributed by atoms with Gasteiger partial charge in [0.2, 0.25) is 0 Å². The standard InChI is InChI=1S/C10H18O2/c1-10(2)6-8(11)7-4-3-5-9(7)12-10/h7-9,11H,3-6H2,1-2H3/t7-,8+,9-/m1/s1. The largest absolute Gasteiger partial charge is 0.393 e. The van der Waals surface area contributed by atoms with Gasteiger partial charge in [-0.15, -0.1) is 0 Å². The summed E-state index contributed by atoms with van der Waals surface area (Å²) in [5.74, 6) is 0.429. The van der Waals surface area contributed by atoms with Crippen molar-refractivity contribution in [3.05, 3.63) is 0 Å². The van der Waals surface area contributed by atoms with Crippen molar-refractivity contribution in [2.75, 3.05) is 0 Å². The fourth-order valence-electron chi connectivity index (χ4n) is 2.65. The van der Waals surface area contributed by atoms with Crippen molar-refractivity contribution >= 4 is 0 Å². The van der Waals surface area contributed by atoms with E-state index in [1.54, 1.807) is 0 Å². The number of aliphatic hydroxyl groups is 1. The molecule has 1 N–H and O–H groups in total. The normalized spacial score (nSPS) is 45.8. The first-order valence-corrected chi connectivity index (χ1v) is 4.94. The summed E-state index contributed by atoms with van der Waals surface area (Å²) in [6, 6.07) is 0. The maximum absolute atomic E-state index is 9.83. The van der Waals surface area contributed by atoms with Crippen LogP contribution < -0.4 is 0 Å². The molecule has 0 aromatic carbocycles. The Bertz CT molecular complexity index is 177. The molecular formula is C10H18O2. The van der Waals surface area contributed by atoms with Gasteiger partial charge in [-0.1, -0.05) is 6.42 Å². The molecule has 70 valence electrons. The summed E-state index contributed by atoms with van der Waals surface area (Å²) in [5, 5.41) is 9.83. The fourth-order valence-corrected chi connectivity index (χ4v) is 2.65. The van der Waals surface area contributed by atoms with Crippen molar-refractivity contribution in [2.45, 2.75) is 57.3 Å². The third-order valence-electron chi connectivity index (χ3n) is 3.17. The van der Waals surface area contributed by atoms with Crippen LogP contribution in [0.25, 0.3) is 0 Å². The SMILES string of the molecule is CC1(C)C[C@H](O)[C@H]2CCC[C@H]2O1. The zero-order chi connectivity index (χ0) is 8.77. The number of rotatable bonds is 0. The number of fused-ring (bicyclic) bond motifs is 1. The van der Waals surface area contributed by atoms with E-state index < -0.39 is 0 Å². The van der Waals surface area contributed by atoms with Crippen LogP contribution in [0.15, 0.2) is 0 Å². The Hall–Kier alpha value is -0.0800. The minimum absolute atomic E-state index is 0.106. The summed E-state index contributed by atoms with van der Waals surface area (Å²) in [7, 11) is 0. The van der Waals surface area contributed by atoms with E-state index in [0.29, 0.717) is 12.0 Å². The fraction of sp³-hybridized carbons (Fsp3) is 1.00. The summed E-state index contributed by atoms with van der Waals surface area (Å²) < 4.78 is 5.91. The Morgan fingerprint density at radius 2 is 2.08 bits per heavy atom. The molecule has 2 aliphatic rings. The van der Waals surface area contributed by atoms with Crippen LogP contribution in [0.1, 0.15) is 39.5 Å². The Morgan fingerprint density at radius 1 is 1.33 bits per heavy atom. The highest BCUT2D eigenvalue weighted by Crippen LogP contribution is 2.41. The van der Waals surface area contributed by atoms with Gasteiger partial charge in [0.1, 0.15) is 0 Å². The summed E-state index contributed by atoms with van der Waals surface area (Å²) in [6.07, 6.45) is 4.54. The molecule has 2 fully saturated rings. The number of hydrogen-bond donors (Lipinski definition) is 1. The van der Waals surface area contributed by atoms with Crippen molar-refractivity contribution in [1.82, 2.24) is 0 Å². The van der Waals surface area contributed by atoms with Crippen molar-refractivity contribution < 1.29 is 9.84 Å². The molecule has 1 aliphatic heterocycles. The molecule has 0 radical (unpaired) electrons. The minimum Gasteiger partial charge on any atom is -0.393 e. The molecule has 2 rings (SSSR count). The molecule has 12 heavy (non-hydrogen) atoms. The first-order chi connectivity index (χ1) is 5.58. The minimum atomic E-state index is -0.124. The van der Waals surface area contributed by atoms with Crippen LogP contribution in [-0.2, 0) is 4.74 Å². The van der Waals surface area contributed by atoms with Crippen LogP contribution in [0, 0.1) is 5.92 Å². The third kappa shape index (κ3) is 1.38. The van der Waals surface area contributed by atoms with Crippen LogP contribution >= 0.6 is 0 Å². The van der Waals surface area contributed by atoms with Gasteiger partial charge in [0.25, 0.3) is 0 Å². The molecule has 1 saturated heterocycles. The molecule has 0 unspecified atom stereocenters. The number of aliphatic hydroxyl groups excluding tert-OH is 1. The van der Waals surface area contributed by atoms with Crippen LogP contribution in [0.3, 0.4) is 0 Å². The van der Waals surface area contributed by atoms with Gasteiger partial charge in [-0.2, -0.15) is 0 Å². The van der Waals surface area contributed by atoms with Gasteiger partial charge < -0.3 is 9.84 Å². The first-order valence-electron chi connectivity index (χ1n) is 4.94. The van der Waals surface area contributed by atoms with E-state index >= 15 is 0 Å². The van der Waals surface area contributed by atoms with E-state index in [1.165, 1.54) is 6.42 Å². The quantitative estimate of drug-likeness (QED) is 0.599. The lowest BCUT2D eigenvalue weighted by molar-refractivity contribution is -0.166. The first kappa shape index (κ1) is 8.52. The highest BCUT2D eigenvalue weighted by atomic mass is 16.5. The smallest absolute Gasteiger partial charge is 0.0655 e. The van der Waals surface area contributed by atoms with E-state index in [4.69, 9.17) is 4.74 Å². The maximum Gasteiger partial charge on any atom is 0.0655 e. The van der Waals surface area contributed by atoms with Crippen molar-refractivity contribution in [2.24, 2.45) is 5.92 Å². The lowest BCUT2D eigenvalue weighted by Gasteiger charge is -2.41. The monoisotopic (exact) mass is 170 g/mol. The number of hydrogen-bond acceptors (Lipinski definition) is 2. The summed E-state index contributed by atoms with van der Waals surface area (Å²) in [4.78, 5) is 0. The van der Waals surface area contributed by atoms with Gasteiger partial charge in [0, 0.05) is 12.3 Å². The number of ether oxygens (including phenoxy) is 1. The van der Waals surface area contributed by atoms with Crippen molar-refractivity contribution in [1.29, 1.82) is 0 Å². The summed E-state index contributed by atoms with van der Waals surface area (Å²) in [5.41, 5.74) is -0.106. The second kappa shape index (κ2) is 2.71. The predicted molar refractivity (Wildman–Crippen MR) is 46.9 cm³/mol. The topological polar surface area (TPSA) is 29.5 Å². The van der Waals surface area contributed by atoms with E-state index in [9.17, 15) is 5.11 Å². The average Bonchev–Trinajstić information content (AvgIpc) is 2.31. The van der Waals surface area contributed by atoms with E-state index in [2.05, 4.69) is 13.8 Å².